The van der Waals surface area contributed by atoms with Gasteiger partial charge in [-0.15, -0.1) is 0 Å². The maximum absolute atomic E-state index is 5.18. The van der Waals surface area contributed by atoms with Crippen molar-refractivity contribution < 1.29 is 0 Å². The van der Waals surface area contributed by atoms with Crippen molar-refractivity contribution in [1.82, 2.24) is 29.5 Å². The Hall–Kier alpha value is -9.13. The van der Waals surface area contributed by atoms with E-state index >= 15 is 0 Å². The van der Waals surface area contributed by atoms with Gasteiger partial charge in [-0.05, 0) is 64.7 Å². The molecule has 12 aromatic rings. The van der Waals surface area contributed by atoms with Crippen molar-refractivity contribution in [2.75, 3.05) is 0 Å². The van der Waals surface area contributed by atoms with Crippen LogP contribution in [0.15, 0.2) is 243 Å². The molecule has 9 aromatic carbocycles. The monoisotopic (exact) mass is 856 g/mol. The molecule has 0 atom stereocenters. The third-order valence-corrected chi connectivity index (χ3v) is 12.3. The number of hydrogen-bond donors (Lipinski definition) is 0. The average Bonchev–Trinajstić information content (AvgIpc) is 3.76. The lowest BCUT2D eigenvalue weighted by Gasteiger charge is -2.12. The van der Waals surface area contributed by atoms with Gasteiger partial charge in [0.1, 0.15) is 0 Å². The summed E-state index contributed by atoms with van der Waals surface area (Å²) in [5.41, 5.74) is 15.2. The highest BCUT2D eigenvalue weighted by Crippen LogP contribution is 2.41. The second-order valence-electron chi connectivity index (χ2n) is 16.5. The summed E-state index contributed by atoms with van der Waals surface area (Å²) in [6, 6.07) is 84.1. The van der Waals surface area contributed by atoms with Crippen molar-refractivity contribution in [2.24, 2.45) is 0 Å². The van der Waals surface area contributed by atoms with Gasteiger partial charge in [0.05, 0.1) is 22.4 Å². The molecule has 0 aliphatic heterocycles. The lowest BCUT2D eigenvalue weighted by Crippen LogP contribution is -2.01. The van der Waals surface area contributed by atoms with Crippen molar-refractivity contribution in [3.05, 3.63) is 243 Å². The fourth-order valence-corrected chi connectivity index (χ4v) is 9.04. The Labute approximate surface area is 388 Å². The second kappa shape index (κ2) is 17.1. The van der Waals surface area contributed by atoms with Crippen LogP contribution in [0.1, 0.15) is 0 Å². The first-order valence-corrected chi connectivity index (χ1v) is 22.4. The normalized spacial score (nSPS) is 11.3. The molecule has 6 nitrogen and oxygen atoms in total. The highest BCUT2D eigenvalue weighted by molar-refractivity contribution is 6.16. The van der Waals surface area contributed by atoms with Gasteiger partial charge in [-0.25, -0.2) is 24.9 Å². The van der Waals surface area contributed by atoms with E-state index in [4.69, 9.17) is 24.9 Å². The molecule has 0 bridgehead atoms. The second-order valence-corrected chi connectivity index (χ2v) is 16.5. The van der Waals surface area contributed by atoms with Gasteiger partial charge in [-0.2, -0.15) is 0 Å². The predicted molar refractivity (Wildman–Crippen MR) is 273 cm³/mol. The summed E-state index contributed by atoms with van der Waals surface area (Å²) in [5.74, 6) is 2.53. The van der Waals surface area contributed by atoms with Crippen molar-refractivity contribution in [3.8, 4) is 96.0 Å². The Kier molecular flexibility index (Phi) is 10.1. The Morgan fingerprint density at radius 3 is 1.28 bits per heavy atom. The number of hydrogen-bond acceptors (Lipinski definition) is 5. The summed E-state index contributed by atoms with van der Waals surface area (Å²) in [6.07, 6.45) is 0. The van der Waals surface area contributed by atoms with E-state index in [1.165, 1.54) is 0 Å². The predicted octanol–water partition coefficient (Wildman–Crippen LogP) is 15.1. The van der Waals surface area contributed by atoms with E-state index in [-0.39, 0.29) is 0 Å². The lowest BCUT2D eigenvalue weighted by molar-refractivity contribution is 1.07. The molecule has 0 unspecified atom stereocenters. The molecule has 0 spiro atoms. The van der Waals surface area contributed by atoms with Crippen LogP contribution in [0.3, 0.4) is 0 Å². The first-order valence-electron chi connectivity index (χ1n) is 22.4. The van der Waals surface area contributed by atoms with Crippen molar-refractivity contribution >= 4 is 21.8 Å². The van der Waals surface area contributed by atoms with E-state index in [0.29, 0.717) is 23.3 Å². The van der Waals surface area contributed by atoms with Crippen LogP contribution < -0.4 is 0 Å². The lowest BCUT2D eigenvalue weighted by atomic mass is 9.96. The minimum Gasteiger partial charge on any atom is -0.309 e. The van der Waals surface area contributed by atoms with Crippen LogP contribution in [0.25, 0.3) is 118 Å². The van der Waals surface area contributed by atoms with Crippen LogP contribution in [0.5, 0.6) is 0 Å². The number of aromatic nitrogens is 6. The van der Waals surface area contributed by atoms with E-state index in [0.717, 1.165) is 94.5 Å². The van der Waals surface area contributed by atoms with Crippen molar-refractivity contribution in [3.63, 3.8) is 0 Å². The SMILES string of the molecule is c1ccc(-c2ccc3c(c2)c2c(-c4cccc(-c5nc(-c6ccccc6)cc(-c6ccccc6)n5)c4)cccc2n3-c2cccc(-c3nc(-c4ccccc4)nc(-c4ccccc4)n3)c2)cc1. The van der Waals surface area contributed by atoms with Gasteiger partial charge in [0, 0.05) is 49.8 Å². The zero-order chi connectivity index (χ0) is 44.5. The molecule has 3 heterocycles. The molecule has 3 aromatic heterocycles. The summed E-state index contributed by atoms with van der Waals surface area (Å²) in [5, 5.41) is 2.30. The Morgan fingerprint density at radius 1 is 0.254 bits per heavy atom. The number of fused-ring (bicyclic) bond motifs is 3. The van der Waals surface area contributed by atoms with Crippen LogP contribution in [0, 0.1) is 0 Å². The quantitative estimate of drug-likeness (QED) is 0.145. The highest BCUT2D eigenvalue weighted by Gasteiger charge is 2.20. The molecule has 0 aliphatic rings. The van der Waals surface area contributed by atoms with Gasteiger partial charge < -0.3 is 4.57 Å². The van der Waals surface area contributed by atoms with E-state index in [9.17, 15) is 0 Å². The maximum Gasteiger partial charge on any atom is 0.164 e. The molecule has 0 aliphatic carbocycles. The molecule has 0 fully saturated rings. The zero-order valence-electron chi connectivity index (χ0n) is 36.3. The number of benzene rings is 9. The zero-order valence-corrected chi connectivity index (χ0v) is 36.3. The molecule has 0 radical (unpaired) electrons. The molecule has 6 heteroatoms. The van der Waals surface area contributed by atoms with E-state index in [2.05, 4.69) is 150 Å². The van der Waals surface area contributed by atoms with Crippen LogP contribution in [-0.4, -0.2) is 29.5 Å². The fraction of sp³-hybridized carbons (Fsp3) is 0. The van der Waals surface area contributed by atoms with Gasteiger partial charge in [0.15, 0.2) is 23.3 Å². The standard InChI is InChI=1S/C61H40N6/c1-6-19-41(20-7-1)46-35-36-55-52(39-46)57-51(47-29-16-30-48(37-47)60-62-53(42-21-8-2-9-22-42)40-54(63-60)43-23-10-3-11-24-43)33-18-34-56(57)67(55)50-32-17-31-49(38-50)61-65-58(44-25-12-4-13-26-44)64-59(66-61)45-27-14-5-15-28-45/h1-40H. The highest BCUT2D eigenvalue weighted by atomic mass is 15.0. The Balaban J connectivity index is 1.04. The average molecular weight is 857 g/mol. The van der Waals surface area contributed by atoms with Crippen molar-refractivity contribution in [2.45, 2.75) is 0 Å². The number of rotatable bonds is 9. The number of nitrogens with zero attached hydrogens (tertiary/aromatic N) is 6. The molecule has 314 valence electrons. The van der Waals surface area contributed by atoms with Crippen LogP contribution in [0.2, 0.25) is 0 Å². The van der Waals surface area contributed by atoms with Crippen LogP contribution in [-0.2, 0) is 0 Å². The Bertz CT molecular complexity index is 3610. The third kappa shape index (κ3) is 7.62. The third-order valence-electron chi connectivity index (χ3n) is 12.3. The van der Waals surface area contributed by atoms with Gasteiger partial charge in [-0.3, -0.25) is 0 Å². The molecular formula is C61H40N6. The van der Waals surface area contributed by atoms with Crippen LogP contribution in [0.4, 0.5) is 0 Å². The minimum absolute atomic E-state index is 0.605. The summed E-state index contributed by atoms with van der Waals surface area (Å²) in [7, 11) is 0. The minimum atomic E-state index is 0.605. The summed E-state index contributed by atoms with van der Waals surface area (Å²) in [4.78, 5) is 25.5. The fourth-order valence-electron chi connectivity index (χ4n) is 9.04. The van der Waals surface area contributed by atoms with Gasteiger partial charge in [0.25, 0.3) is 0 Å². The van der Waals surface area contributed by atoms with Gasteiger partial charge >= 0.3 is 0 Å². The molecular weight excluding hydrogens is 817 g/mol. The van der Waals surface area contributed by atoms with Gasteiger partial charge in [0.2, 0.25) is 0 Å². The molecule has 12 rings (SSSR count). The smallest absolute Gasteiger partial charge is 0.164 e. The summed E-state index contributed by atoms with van der Waals surface area (Å²) >= 11 is 0. The van der Waals surface area contributed by atoms with E-state index in [1.807, 2.05) is 97.1 Å². The van der Waals surface area contributed by atoms with E-state index < -0.39 is 0 Å². The van der Waals surface area contributed by atoms with Crippen molar-refractivity contribution in [1.29, 1.82) is 0 Å². The largest absolute Gasteiger partial charge is 0.309 e. The van der Waals surface area contributed by atoms with Crippen LogP contribution >= 0.6 is 0 Å². The molecule has 0 saturated carbocycles. The van der Waals surface area contributed by atoms with Gasteiger partial charge in [-0.1, -0.05) is 200 Å². The Morgan fingerprint density at radius 2 is 0.701 bits per heavy atom. The topological polar surface area (TPSA) is 69.4 Å². The first-order chi connectivity index (χ1) is 33.2. The summed E-state index contributed by atoms with van der Waals surface area (Å²) < 4.78 is 2.37. The molecule has 67 heavy (non-hydrogen) atoms. The first kappa shape index (κ1) is 39.5. The van der Waals surface area contributed by atoms with E-state index in [1.54, 1.807) is 0 Å². The summed E-state index contributed by atoms with van der Waals surface area (Å²) in [6.45, 7) is 0. The molecule has 0 N–H and O–H groups in total. The molecule has 0 amide bonds. The maximum atomic E-state index is 5.18. The molecule has 0 saturated heterocycles.